The molecule has 2 aromatic heterocycles. The monoisotopic (exact) mass is 421 g/mol. The smallest absolute Gasteiger partial charge is 0.232 e. The van der Waals surface area contributed by atoms with Gasteiger partial charge in [-0.15, -0.1) is 0 Å². The average molecular weight is 422 g/mol. The van der Waals surface area contributed by atoms with E-state index in [1.165, 1.54) is 0 Å². The summed E-state index contributed by atoms with van der Waals surface area (Å²) in [6.45, 7) is 6.09. The summed E-state index contributed by atoms with van der Waals surface area (Å²) in [6.07, 6.45) is 2.64. The quantitative estimate of drug-likeness (QED) is 0.523. The molecule has 0 saturated carbocycles. The molecule has 0 radical (unpaired) electrons. The normalized spacial score (nSPS) is 15.6. The van der Waals surface area contributed by atoms with Crippen molar-refractivity contribution in [3.8, 4) is 0 Å². The molecule has 0 spiro atoms. The third-order valence-electron chi connectivity index (χ3n) is 5.31. The Bertz CT molecular complexity index is 977. The van der Waals surface area contributed by atoms with E-state index < -0.39 is 6.10 Å². The lowest BCUT2D eigenvalue weighted by Gasteiger charge is -2.34. The van der Waals surface area contributed by atoms with E-state index in [9.17, 15) is 5.11 Å². The highest BCUT2D eigenvalue weighted by molar-refractivity contribution is 5.55. The third kappa shape index (κ3) is 5.32. The Morgan fingerprint density at radius 2 is 1.61 bits per heavy atom. The molecule has 9 nitrogen and oxygen atoms in total. The molecule has 3 aromatic rings. The number of pyridine rings is 1. The number of aliphatic hydroxyl groups is 2. The first kappa shape index (κ1) is 21.1. The number of benzene rings is 1. The van der Waals surface area contributed by atoms with Gasteiger partial charge in [-0.05, 0) is 42.3 Å². The largest absolute Gasteiger partial charge is 0.395 e. The second kappa shape index (κ2) is 9.78. The van der Waals surface area contributed by atoms with Crippen LogP contribution in [0.2, 0.25) is 0 Å². The number of hydrogen-bond acceptors (Lipinski definition) is 9. The van der Waals surface area contributed by atoms with Crippen LogP contribution in [0.1, 0.15) is 23.1 Å². The van der Waals surface area contributed by atoms with Gasteiger partial charge in [0.15, 0.2) is 0 Å². The molecular weight excluding hydrogens is 394 g/mol. The first-order chi connectivity index (χ1) is 15.1. The van der Waals surface area contributed by atoms with Crippen LogP contribution < -0.4 is 10.2 Å². The third-order valence-corrected chi connectivity index (χ3v) is 5.31. The van der Waals surface area contributed by atoms with Crippen LogP contribution in [0.15, 0.2) is 48.8 Å². The van der Waals surface area contributed by atoms with Gasteiger partial charge >= 0.3 is 0 Å². The molecule has 0 bridgehead atoms. The fourth-order valence-corrected chi connectivity index (χ4v) is 3.59. The van der Waals surface area contributed by atoms with E-state index in [1.54, 1.807) is 24.5 Å². The zero-order valence-electron chi connectivity index (χ0n) is 17.5. The molecular formula is C22H27N7O2. The highest BCUT2D eigenvalue weighted by Gasteiger charge is 2.19. The van der Waals surface area contributed by atoms with Gasteiger partial charge in [0.25, 0.3) is 0 Å². The summed E-state index contributed by atoms with van der Waals surface area (Å²) < 4.78 is 0. The van der Waals surface area contributed by atoms with E-state index >= 15 is 0 Å². The maximum Gasteiger partial charge on any atom is 0.232 e. The number of β-amino-alcohol motifs (C(OH)–C–C–N with tert-alkyl or cyclic N) is 1. The number of aliphatic hydroxyl groups excluding tert-OH is 2. The van der Waals surface area contributed by atoms with Crippen LogP contribution in [0.5, 0.6) is 0 Å². The summed E-state index contributed by atoms with van der Waals surface area (Å²) >= 11 is 0. The van der Waals surface area contributed by atoms with Crippen molar-refractivity contribution in [2.75, 3.05) is 49.5 Å². The Balaban J connectivity index is 1.43. The van der Waals surface area contributed by atoms with Crippen molar-refractivity contribution in [2.24, 2.45) is 0 Å². The zero-order chi connectivity index (χ0) is 21.6. The van der Waals surface area contributed by atoms with Crippen molar-refractivity contribution in [3.63, 3.8) is 0 Å². The number of piperazine rings is 1. The molecule has 1 aliphatic rings. The van der Waals surface area contributed by atoms with E-state index in [-0.39, 0.29) is 6.61 Å². The number of rotatable bonds is 7. The van der Waals surface area contributed by atoms with Gasteiger partial charge in [-0.25, -0.2) is 0 Å². The molecule has 3 heterocycles. The SMILES string of the molecule is Cc1nc(Nc2ccc(C(O)c3ccncc3)cc2)nc(N2CCN(CCO)CC2)n1. The maximum absolute atomic E-state index is 10.5. The van der Waals surface area contributed by atoms with Crippen LogP contribution in [-0.4, -0.2) is 74.4 Å². The highest BCUT2D eigenvalue weighted by atomic mass is 16.3. The number of nitrogens with zero attached hydrogens (tertiary/aromatic N) is 6. The topological polar surface area (TPSA) is 111 Å². The molecule has 4 rings (SSSR count). The van der Waals surface area contributed by atoms with Crippen molar-refractivity contribution < 1.29 is 10.2 Å². The Labute approximate surface area is 181 Å². The van der Waals surface area contributed by atoms with Crippen LogP contribution >= 0.6 is 0 Å². The fraction of sp³-hybridized carbons (Fsp3) is 0.364. The van der Waals surface area contributed by atoms with Crippen molar-refractivity contribution in [2.45, 2.75) is 13.0 Å². The minimum absolute atomic E-state index is 0.178. The lowest BCUT2D eigenvalue weighted by Crippen LogP contribution is -2.47. The van der Waals surface area contributed by atoms with Crippen LogP contribution in [0.25, 0.3) is 0 Å². The molecule has 0 amide bonds. The van der Waals surface area contributed by atoms with Crippen LogP contribution in [-0.2, 0) is 0 Å². The fourth-order valence-electron chi connectivity index (χ4n) is 3.59. The number of hydrogen-bond donors (Lipinski definition) is 3. The molecule has 1 saturated heterocycles. The highest BCUT2D eigenvalue weighted by Crippen LogP contribution is 2.24. The van der Waals surface area contributed by atoms with E-state index in [1.807, 2.05) is 31.2 Å². The molecule has 1 unspecified atom stereocenters. The maximum atomic E-state index is 10.5. The lowest BCUT2D eigenvalue weighted by atomic mass is 10.0. The first-order valence-electron chi connectivity index (χ1n) is 10.4. The van der Waals surface area contributed by atoms with Crippen molar-refractivity contribution >= 4 is 17.6 Å². The van der Waals surface area contributed by atoms with Crippen LogP contribution in [0.3, 0.4) is 0 Å². The summed E-state index contributed by atoms with van der Waals surface area (Å²) in [7, 11) is 0. The molecule has 3 N–H and O–H groups in total. The predicted octanol–water partition coefficient (Wildman–Crippen LogP) is 1.51. The van der Waals surface area contributed by atoms with Gasteiger partial charge in [0, 0.05) is 50.8 Å². The molecule has 31 heavy (non-hydrogen) atoms. The number of nitrogens with one attached hydrogen (secondary N) is 1. The summed E-state index contributed by atoms with van der Waals surface area (Å²) in [5.41, 5.74) is 2.42. The Kier molecular flexibility index (Phi) is 6.66. The molecule has 162 valence electrons. The van der Waals surface area contributed by atoms with Gasteiger partial charge in [0.2, 0.25) is 11.9 Å². The second-order valence-corrected chi connectivity index (χ2v) is 7.49. The first-order valence-corrected chi connectivity index (χ1v) is 10.4. The van der Waals surface area contributed by atoms with Crippen molar-refractivity contribution in [1.82, 2.24) is 24.8 Å². The second-order valence-electron chi connectivity index (χ2n) is 7.49. The Hall–Kier alpha value is -3.14. The molecule has 1 aromatic carbocycles. The average Bonchev–Trinajstić information content (AvgIpc) is 2.80. The van der Waals surface area contributed by atoms with Crippen LogP contribution in [0, 0.1) is 6.92 Å². The van der Waals surface area contributed by atoms with E-state index in [2.05, 4.69) is 35.1 Å². The predicted molar refractivity (Wildman–Crippen MR) is 118 cm³/mol. The van der Waals surface area contributed by atoms with E-state index in [4.69, 9.17) is 5.11 Å². The van der Waals surface area contributed by atoms with Gasteiger partial charge < -0.3 is 20.4 Å². The minimum Gasteiger partial charge on any atom is -0.395 e. The standard InChI is InChI=1S/C22H27N7O2/c1-16-24-21(27-22(25-16)29-12-10-28(11-13-29)14-15-30)26-19-4-2-17(3-5-19)20(31)18-6-8-23-9-7-18/h2-9,20,30-31H,10-15H2,1H3,(H,24,25,26,27). The molecule has 0 aliphatic carbocycles. The van der Waals surface area contributed by atoms with Crippen molar-refractivity contribution in [3.05, 3.63) is 65.7 Å². The molecule has 1 fully saturated rings. The number of aromatic nitrogens is 4. The summed E-state index contributed by atoms with van der Waals surface area (Å²) in [5, 5.41) is 22.9. The van der Waals surface area contributed by atoms with Crippen molar-refractivity contribution in [1.29, 1.82) is 0 Å². The van der Waals surface area contributed by atoms with E-state index in [0.29, 0.717) is 24.3 Å². The number of anilines is 3. The minimum atomic E-state index is -0.701. The van der Waals surface area contributed by atoms with Gasteiger partial charge in [-0.1, -0.05) is 12.1 Å². The zero-order valence-corrected chi connectivity index (χ0v) is 17.5. The summed E-state index contributed by atoms with van der Waals surface area (Å²) in [6, 6.07) is 11.1. The molecule has 1 aliphatic heterocycles. The summed E-state index contributed by atoms with van der Waals surface area (Å²) in [5.74, 6) is 1.79. The van der Waals surface area contributed by atoms with Gasteiger partial charge in [0.1, 0.15) is 11.9 Å². The van der Waals surface area contributed by atoms with E-state index in [0.717, 1.165) is 43.0 Å². The lowest BCUT2D eigenvalue weighted by molar-refractivity contribution is 0.188. The number of aryl methyl sites for hydroxylation is 1. The van der Waals surface area contributed by atoms with Gasteiger partial charge in [-0.2, -0.15) is 15.0 Å². The van der Waals surface area contributed by atoms with Gasteiger partial charge in [-0.3, -0.25) is 9.88 Å². The molecule has 1 atom stereocenters. The van der Waals surface area contributed by atoms with Gasteiger partial charge in [0.05, 0.1) is 6.61 Å². The molecule has 9 heteroatoms. The summed E-state index contributed by atoms with van der Waals surface area (Å²) in [4.78, 5) is 21.9. The Morgan fingerprint density at radius 1 is 0.935 bits per heavy atom. The Morgan fingerprint density at radius 3 is 2.29 bits per heavy atom. The van der Waals surface area contributed by atoms with Crippen LogP contribution in [0.4, 0.5) is 17.6 Å².